The summed E-state index contributed by atoms with van der Waals surface area (Å²) in [5.74, 6) is 0.533. The second kappa shape index (κ2) is 11.2. The van der Waals surface area contributed by atoms with Crippen LogP contribution in [0.4, 0.5) is 4.79 Å². The van der Waals surface area contributed by atoms with E-state index >= 15 is 0 Å². The third-order valence-electron chi connectivity index (χ3n) is 4.23. The van der Waals surface area contributed by atoms with E-state index in [9.17, 15) is 4.79 Å². The molecule has 0 aromatic rings. The summed E-state index contributed by atoms with van der Waals surface area (Å²) in [5.41, 5.74) is 5.28. The van der Waals surface area contributed by atoms with Crippen LogP contribution >= 0.6 is 0 Å². The summed E-state index contributed by atoms with van der Waals surface area (Å²) in [7, 11) is 1.70. The number of unbranched alkanes of at least 4 members (excludes halogenated alkanes) is 3. The predicted molar refractivity (Wildman–Crippen MR) is 103 cm³/mol. The molecule has 1 fully saturated rings. The van der Waals surface area contributed by atoms with Gasteiger partial charge in [0.15, 0.2) is 5.96 Å². The number of rotatable bonds is 9. The Morgan fingerprint density at radius 1 is 1.12 bits per heavy atom. The molecule has 1 rings (SSSR count). The van der Waals surface area contributed by atoms with Gasteiger partial charge in [-0.15, -0.1) is 0 Å². The molecule has 0 aromatic heterocycles. The van der Waals surface area contributed by atoms with Crippen LogP contribution in [0.25, 0.3) is 0 Å². The van der Waals surface area contributed by atoms with Crippen molar-refractivity contribution in [3.8, 4) is 0 Å². The van der Waals surface area contributed by atoms with Crippen LogP contribution in [0.5, 0.6) is 0 Å². The molecule has 5 N–H and O–H groups in total. The smallest absolute Gasteiger partial charge is 0.407 e. The van der Waals surface area contributed by atoms with Gasteiger partial charge in [-0.2, -0.15) is 0 Å². The van der Waals surface area contributed by atoms with E-state index in [0.717, 1.165) is 32.2 Å². The monoisotopic (exact) mass is 355 g/mol. The molecule has 25 heavy (non-hydrogen) atoms. The van der Waals surface area contributed by atoms with Gasteiger partial charge in [-0.3, -0.25) is 4.99 Å². The molecule has 1 amide bonds. The van der Waals surface area contributed by atoms with Gasteiger partial charge in [0.25, 0.3) is 0 Å². The molecule has 1 aliphatic rings. The summed E-state index contributed by atoms with van der Waals surface area (Å²) in [6.07, 6.45) is 7.56. The SMILES string of the molecule is CN=C(N)N[C@H]1CC[C@H](NCCCCCCNC(=O)OC(C)(C)C)C1. The second-order valence-electron chi connectivity index (χ2n) is 7.76. The average molecular weight is 356 g/mol. The minimum atomic E-state index is -0.431. The highest BCUT2D eigenvalue weighted by molar-refractivity contribution is 5.77. The summed E-state index contributed by atoms with van der Waals surface area (Å²) >= 11 is 0. The van der Waals surface area contributed by atoms with Crippen molar-refractivity contribution in [2.24, 2.45) is 10.7 Å². The van der Waals surface area contributed by atoms with Gasteiger partial charge in [0.1, 0.15) is 5.60 Å². The summed E-state index contributed by atoms with van der Waals surface area (Å²) in [5, 5.41) is 9.67. The van der Waals surface area contributed by atoms with Crippen molar-refractivity contribution in [3.63, 3.8) is 0 Å². The summed E-state index contributed by atoms with van der Waals surface area (Å²) in [4.78, 5) is 15.4. The third kappa shape index (κ3) is 10.9. The number of amides is 1. The number of hydrogen-bond donors (Lipinski definition) is 4. The van der Waals surface area contributed by atoms with Crippen molar-refractivity contribution < 1.29 is 9.53 Å². The van der Waals surface area contributed by atoms with Gasteiger partial charge in [-0.25, -0.2) is 4.79 Å². The zero-order valence-electron chi connectivity index (χ0n) is 16.4. The van der Waals surface area contributed by atoms with E-state index in [0.29, 0.717) is 24.6 Å². The number of alkyl carbamates (subject to hydrolysis) is 1. The molecule has 0 heterocycles. The lowest BCUT2D eigenvalue weighted by molar-refractivity contribution is 0.0527. The van der Waals surface area contributed by atoms with Gasteiger partial charge < -0.3 is 26.4 Å². The highest BCUT2D eigenvalue weighted by atomic mass is 16.6. The Hall–Kier alpha value is -1.50. The number of nitrogens with zero attached hydrogens (tertiary/aromatic N) is 1. The van der Waals surface area contributed by atoms with E-state index in [1.54, 1.807) is 7.05 Å². The Labute approximate surface area is 152 Å². The second-order valence-corrected chi connectivity index (χ2v) is 7.76. The summed E-state index contributed by atoms with van der Waals surface area (Å²) in [6.45, 7) is 7.34. The average Bonchev–Trinajstić information content (AvgIpc) is 2.95. The lowest BCUT2D eigenvalue weighted by Gasteiger charge is -2.19. The number of carbonyl (C=O) groups is 1. The first kappa shape index (κ1) is 21.5. The fourth-order valence-corrected chi connectivity index (χ4v) is 2.99. The van der Waals surface area contributed by atoms with Crippen LogP contribution in [-0.2, 0) is 4.74 Å². The molecule has 0 bridgehead atoms. The maximum atomic E-state index is 11.5. The molecule has 7 nitrogen and oxygen atoms in total. The van der Waals surface area contributed by atoms with E-state index in [4.69, 9.17) is 10.5 Å². The first-order valence-corrected chi connectivity index (χ1v) is 9.49. The molecule has 0 spiro atoms. The summed E-state index contributed by atoms with van der Waals surface area (Å²) < 4.78 is 5.20. The normalized spacial score (nSPS) is 21.2. The number of carbonyl (C=O) groups excluding carboxylic acids is 1. The van der Waals surface area contributed by atoms with Crippen molar-refractivity contribution in [2.45, 2.75) is 83.4 Å². The first-order valence-electron chi connectivity index (χ1n) is 9.49. The van der Waals surface area contributed by atoms with Crippen molar-refractivity contribution in [1.29, 1.82) is 0 Å². The lowest BCUT2D eigenvalue weighted by atomic mass is 10.1. The highest BCUT2D eigenvalue weighted by Crippen LogP contribution is 2.19. The van der Waals surface area contributed by atoms with E-state index in [-0.39, 0.29) is 6.09 Å². The third-order valence-corrected chi connectivity index (χ3v) is 4.23. The van der Waals surface area contributed by atoms with Gasteiger partial charge in [-0.1, -0.05) is 12.8 Å². The van der Waals surface area contributed by atoms with Crippen molar-refractivity contribution >= 4 is 12.1 Å². The maximum Gasteiger partial charge on any atom is 0.407 e. The Morgan fingerprint density at radius 2 is 1.76 bits per heavy atom. The van der Waals surface area contributed by atoms with Crippen molar-refractivity contribution in [2.75, 3.05) is 20.1 Å². The standard InChI is InChI=1S/C18H37N5O2/c1-18(2,3)25-17(24)22-12-8-6-5-7-11-21-14-9-10-15(13-14)23-16(19)20-4/h14-15,21H,5-13H2,1-4H3,(H,22,24)(H3,19,20,23)/t14-,15-/m0/s1. The minimum absolute atomic E-state index is 0.327. The molecular weight excluding hydrogens is 318 g/mol. The zero-order valence-corrected chi connectivity index (χ0v) is 16.4. The molecule has 0 aliphatic heterocycles. The fraction of sp³-hybridized carbons (Fsp3) is 0.889. The van der Waals surface area contributed by atoms with Crippen LogP contribution in [0.1, 0.15) is 65.7 Å². The number of nitrogens with two attached hydrogens (primary N) is 1. The van der Waals surface area contributed by atoms with Gasteiger partial charge >= 0.3 is 6.09 Å². The number of ether oxygens (including phenoxy) is 1. The van der Waals surface area contributed by atoms with Gasteiger partial charge in [0.05, 0.1) is 0 Å². The Kier molecular flexibility index (Phi) is 9.63. The molecule has 1 saturated carbocycles. The molecule has 0 saturated heterocycles. The predicted octanol–water partition coefficient (Wildman–Crippen LogP) is 2.12. The quantitative estimate of drug-likeness (QED) is 0.288. The van der Waals surface area contributed by atoms with Crippen LogP contribution in [0.15, 0.2) is 4.99 Å². The number of hydrogen-bond acceptors (Lipinski definition) is 4. The van der Waals surface area contributed by atoms with Crippen LogP contribution in [-0.4, -0.2) is 49.9 Å². The summed E-state index contributed by atoms with van der Waals surface area (Å²) in [6, 6.07) is 1.02. The van der Waals surface area contributed by atoms with Gasteiger partial charge in [0, 0.05) is 25.7 Å². The molecule has 146 valence electrons. The zero-order chi connectivity index (χ0) is 18.7. The van der Waals surface area contributed by atoms with Crippen LogP contribution in [0.3, 0.4) is 0 Å². The number of guanidine groups is 1. The molecule has 7 heteroatoms. The van der Waals surface area contributed by atoms with Crippen LogP contribution in [0.2, 0.25) is 0 Å². The fourth-order valence-electron chi connectivity index (χ4n) is 2.99. The molecule has 1 aliphatic carbocycles. The van der Waals surface area contributed by atoms with E-state index in [2.05, 4.69) is 20.9 Å². The Morgan fingerprint density at radius 3 is 2.40 bits per heavy atom. The van der Waals surface area contributed by atoms with E-state index < -0.39 is 5.60 Å². The molecule has 0 aromatic carbocycles. The maximum absolute atomic E-state index is 11.5. The van der Waals surface area contributed by atoms with Crippen molar-refractivity contribution in [3.05, 3.63) is 0 Å². The lowest BCUT2D eigenvalue weighted by Crippen LogP contribution is -2.39. The highest BCUT2D eigenvalue weighted by Gasteiger charge is 2.24. The van der Waals surface area contributed by atoms with Crippen LogP contribution in [0, 0.1) is 0 Å². The van der Waals surface area contributed by atoms with Crippen molar-refractivity contribution in [1.82, 2.24) is 16.0 Å². The molecule has 2 atom stereocenters. The Bertz CT molecular complexity index is 420. The first-order chi connectivity index (χ1) is 11.8. The number of aliphatic imine (C=N–C) groups is 1. The largest absolute Gasteiger partial charge is 0.444 e. The topological polar surface area (TPSA) is 101 Å². The van der Waals surface area contributed by atoms with Gasteiger partial charge in [0.2, 0.25) is 0 Å². The van der Waals surface area contributed by atoms with E-state index in [1.807, 2.05) is 20.8 Å². The number of nitrogens with one attached hydrogen (secondary N) is 3. The molecule has 0 unspecified atom stereocenters. The van der Waals surface area contributed by atoms with Gasteiger partial charge in [-0.05, 0) is 59.4 Å². The Balaban J connectivity index is 1.93. The minimum Gasteiger partial charge on any atom is -0.444 e. The molecular formula is C18H37N5O2. The molecule has 0 radical (unpaired) electrons. The van der Waals surface area contributed by atoms with E-state index in [1.165, 1.54) is 19.3 Å². The van der Waals surface area contributed by atoms with Crippen LogP contribution < -0.4 is 21.7 Å².